The van der Waals surface area contributed by atoms with Gasteiger partial charge in [0.25, 0.3) is 5.91 Å². The molecule has 0 radical (unpaired) electrons. The molecule has 1 saturated heterocycles. The molecule has 3 heterocycles. The summed E-state index contributed by atoms with van der Waals surface area (Å²) in [4.78, 5) is 27.6. The van der Waals surface area contributed by atoms with Crippen LogP contribution in [-0.4, -0.2) is 70.3 Å². The molecule has 1 amide bonds. The Labute approximate surface area is 141 Å². The molecule has 24 heavy (non-hydrogen) atoms. The van der Waals surface area contributed by atoms with Crippen LogP contribution >= 0.6 is 0 Å². The summed E-state index contributed by atoms with van der Waals surface area (Å²) in [5, 5.41) is 4.08. The number of hydrogen-bond acceptors (Lipinski definition) is 6. The van der Waals surface area contributed by atoms with Crippen LogP contribution in [0.15, 0.2) is 24.7 Å². The maximum Gasteiger partial charge on any atom is 0.257 e. The zero-order valence-electron chi connectivity index (χ0n) is 14.5. The third kappa shape index (κ3) is 3.17. The van der Waals surface area contributed by atoms with Crippen LogP contribution in [0.25, 0.3) is 0 Å². The van der Waals surface area contributed by atoms with E-state index < -0.39 is 0 Å². The smallest absolute Gasteiger partial charge is 0.257 e. The van der Waals surface area contributed by atoms with Crippen molar-refractivity contribution in [3.8, 4) is 0 Å². The molecule has 1 unspecified atom stereocenters. The van der Waals surface area contributed by atoms with Crippen LogP contribution in [0.1, 0.15) is 17.3 Å². The number of rotatable bonds is 3. The SMILES string of the molecule is CC1CN(c2nccc(N(C)C)n2)CCN1C(=O)c1cnn(C)c1. The minimum absolute atomic E-state index is 0.0261. The second-order valence-electron chi connectivity index (χ2n) is 6.31. The average Bonchev–Trinajstić information content (AvgIpc) is 3.01. The summed E-state index contributed by atoms with van der Waals surface area (Å²) in [6.45, 7) is 4.12. The number of carbonyl (C=O) groups is 1. The highest BCUT2D eigenvalue weighted by atomic mass is 16.2. The second kappa shape index (κ2) is 6.46. The van der Waals surface area contributed by atoms with Gasteiger partial charge in [0.1, 0.15) is 5.82 Å². The quantitative estimate of drug-likeness (QED) is 0.822. The van der Waals surface area contributed by atoms with Gasteiger partial charge in [-0.3, -0.25) is 9.48 Å². The Morgan fingerprint density at radius 1 is 1.33 bits per heavy atom. The molecule has 0 saturated carbocycles. The first-order valence-corrected chi connectivity index (χ1v) is 8.00. The monoisotopic (exact) mass is 329 g/mol. The van der Waals surface area contributed by atoms with E-state index in [2.05, 4.69) is 26.9 Å². The van der Waals surface area contributed by atoms with E-state index in [1.807, 2.05) is 37.0 Å². The summed E-state index contributed by atoms with van der Waals surface area (Å²) >= 11 is 0. The molecule has 0 aliphatic carbocycles. The number of amides is 1. The topological polar surface area (TPSA) is 70.4 Å². The molecule has 0 N–H and O–H groups in total. The number of aryl methyl sites for hydroxylation is 1. The lowest BCUT2D eigenvalue weighted by atomic mass is 10.1. The molecular formula is C16H23N7O. The lowest BCUT2D eigenvalue weighted by molar-refractivity contribution is 0.0673. The average molecular weight is 329 g/mol. The van der Waals surface area contributed by atoms with Crippen molar-refractivity contribution in [3.05, 3.63) is 30.2 Å². The summed E-state index contributed by atoms with van der Waals surface area (Å²) in [6, 6.07) is 1.97. The Bertz CT molecular complexity index is 727. The van der Waals surface area contributed by atoms with Gasteiger partial charge in [0.2, 0.25) is 5.95 Å². The highest BCUT2D eigenvalue weighted by Crippen LogP contribution is 2.19. The standard InChI is InChI=1S/C16H23N7O/c1-12-10-22(16-17-6-5-14(19-16)20(2)3)7-8-23(12)15(24)13-9-18-21(4)11-13/h5-6,9,11-12H,7-8,10H2,1-4H3. The van der Waals surface area contributed by atoms with E-state index in [9.17, 15) is 4.79 Å². The summed E-state index contributed by atoms with van der Waals surface area (Å²) in [7, 11) is 5.73. The Kier molecular flexibility index (Phi) is 4.37. The summed E-state index contributed by atoms with van der Waals surface area (Å²) in [5.41, 5.74) is 0.628. The molecule has 0 spiro atoms. The van der Waals surface area contributed by atoms with E-state index in [0.717, 1.165) is 5.82 Å². The highest BCUT2D eigenvalue weighted by Gasteiger charge is 2.29. The first-order chi connectivity index (χ1) is 11.5. The largest absolute Gasteiger partial charge is 0.363 e. The summed E-state index contributed by atoms with van der Waals surface area (Å²) < 4.78 is 1.65. The molecule has 2 aromatic rings. The van der Waals surface area contributed by atoms with Crippen molar-refractivity contribution >= 4 is 17.7 Å². The van der Waals surface area contributed by atoms with Crippen LogP contribution in [0.3, 0.4) is 0 Å². The zero-order valence-corrected chi connectivity index (χ0v) is 14.5. The molecule has 8 nitrogen and oxygen atoms in total. The van der Waals surface area contributed by atoms with Crippen LogP contribution in [0.4, 0.5) is 11.8 Å². The molecule has 3 rings (SSSR count). The highest BCUT2D eigenvalue weighted by molar-refractivity contribution is 5.94. The Hall–Kier alpha value is -2.64. The van der Waals surface area contributed by atoms with E-state index in [1.165, 1.54) is 0 Å². The predicted octanol–water partition coefficient (Wildman–Crippen LogP) is 0.627. The molecule has 8 heteroatoms. The molecule has 1 atom stereocenters. The van der Waals surface area contributed by atoms with Gasteiger partial charge in [0.05, 0.1) is 11.8 Å². The first kappa shape index (κ1) is 16.2. The van der Waals surface area contributed by atoms with Crippen LogP contribution < -0.4 is 9.80 Å². The number of nitrogens with zero attached hydrogens (tertiary/aromatic N) is 7. The fraction of sp³-hybridized carbons (Fsp3) is 0.500. The van der Waals surface area contributed by atoms with Crippen LogP contribution in [0.5, 0.6) is 0 Å². The summed E-state index contributed by atoms with van der Waals surface area (Å²) in [6.07, 6.45) is 5.14. The van der Waals surface area contributed by atoms with Crippen LogP contribution in [0.2, 0.25) is 0 Å². The van der Waals surface area contributed by atoms with Gasteiger partial charge < -0.3 is 14.7 Å². The minimum Gasteiger partial charge on any atom is -0.363 e. The van der Waals surface area contributed by atoms with E-state index in [4.69, 9.17) is 0 Å². The van der Waals surface area contributed by atoms with Gasteiger partial charge in [-0.15, -0.1) is 0 Å². The van der Waals surface area contributed by atoms with Gasteiger partial charge in [-0.05, 0) is 13.0 Å². The van der Waals surface area contributed by atoms with Gasteiger partial charge in [-0.1, -0.05) is 0 Å². The van der Waals surface area contributed by atoms with E-state index >= 15 is 0 Å². The van der Waals surface area contributed by atoms with Crippen molar-refractivity contribution in [1.29, 1.82) is 0 Å². The first-order valence-electron chi connectivity index (χ1n) is 8.00. The third-order valence-electron chi connectivity index (χ3n) is 4.21. The van der Waals surface area contributed by atoms with E-state index in [-0.39, 0.29) is 11.9 Å². The molecule has 1 aliphatic rings. The van der Waals surface area contributed by atoms with Crippen molar-refractivity contribution in [2.75, 3.05) is 43.5 Å². The molecule has 1 fully saturated rings. The third-order valence-corrected chi connectivity index (χ3v) is 4.21. The fourth-order valence-corrected chi connectivity index (χ4v) is 2.88. The van der Waals surface area contributed by atoms with Crippen molar-refractivity contribution in [2.24, 2.45) is 7.05 Å². The number of carbonyl (C=O) groups excluding carboxylic acids is 1. The maximum atomic E-state index is 12.6. The van der Waals surface area contributed by atoms with Gasteiger partial charge in [-0.25, -0.2) is 4.98 Å². The normalized spacial score (nSPS) is 17.9. The van der Waals surface area contributed by atoms with Gasteiger partial charge in [-0.2, -0.15) is 10.1 Å². The van der Waals surface area contributed by atoms with E-state index in [1.54, 1.807) is 23.3 Å². The molecule has 0 aromatic carbocycles. The van der Waals surface area contributed by atoms with Gasteiger partial charge in [0, 0.05) is 59.2 Å². The van der Waals surface area contributed by atoms with Crippen molar-refractivity contribution in [2.45, 2.75) is 13.0 Å². The second-order valence-corrected chi connectivity index (χ2v) is 6.31. The zero-order chi connectivity index (χ0) is 17.3. The molecular weight excluding hydrogens is 306 g/mol. The Balaban J connectivity index is 1.71. The molecule has 1 aliphatic heterocycles. The number of anilines is 2. The lowest BCUT2D eigenvalue weighted by Gasteiger charge is -2.39. The number of hydrogen-bond donors (Lipinski definition) is 0. The fourth-order valence-electron chi connectivity index (χ4n) is 2.88. The van der Waals surface area contributed by atoms with Crippen molar-refractivity contribution in [1.82, 2.24) is 24.6 Å². The van der Waals surface area contributed by atoms with E-state index in [0.29, 0.717) is 31.1 Å². The van der Waals surface area contributed by atoms with Crippen LogP contribution in [0, 0.1) is 0 Å². The lowest BCUT2D eigenvalue weighted by Crippen LogP contribution is -2.54. The van der Waals surface area contributed by atoms with Gasteiger partial charge >= 0.3 is 0 Å². The molecule has 2 aromatic heterocycles. The number of piperazine rings is 1. The molecule has 128 valence electrons. The van der Waals surface area contributed by atoms with Crippen molar-refractivity contribution in [3.63, 3.8) is 0 Å². The Morgan fingerprint density at radius 2 is 2.12 bits per heavy atom. The van der Waals surface area contributed by atoms with Gasteiger partial charge in [0.15, 0.2) is 0 Å². The maximum absolute atomic E-state index is 12.6. The van der Waals surface area contributed by atoms with Crippen LogP contribution in [-0.2, 0) is 7.05 Å². The Morgan fingerprint density at radius 3 is 2.75 bits per heavy atom. The van der Waals surface area contributed by atoms with Crippen molar-refractivity contribution < 1.29 is 4.79 Å². The number of aromatic nitrogens is 4. The molecule has 0 bridgehead atoms. The predicted molar refractivity (Wildman–Crippen MR) is 92.3 cm³/mol. The summed E-state index contributed by atoms with van der Waals surface area (Å²) in [5.74, 6) is 1.61. The minimum atomic E-state index is 0.0261.